The molecule has 0 saturated heterocycles. The zero-order valence-corrected chi connectivity index (χ0v) is 11.9. The number of hydrogen-bond donors (Lipinski definition) is 2. The Labute approximate surface area is 123 Å². The van der Waals surface area contributed by atoms with E-state index in [4.69, 9.17) is 10.5 Å². The first-order chi connectivity index (χ1) is 10.0. The number of nitriles is 1. The number of nitrogens with two attached hydrogens (primary N) is 1. The molecule has 0 fully saturated rings. The minimum Gasteiger partial charge on any atom is -0.489 e. The van der Waals surface area contributed by atoms with Crippen LogP contribution in [-0.2, 0) is 4.74 Å². The van der Waals surface area contributed by atoms with E-state index in [-0.39, 0.29) is 0 Å². The van der Waals surface area contributed by atoms with Crippen molar-refractivity contribution < 1.29 is 4.74 Å². The smallest absolute Gasteiger partial charge is 0.142 e. The van der Waals surface area contributed by atoms with Gasteiger partial charge in [-0.15, -0.1) is 0 Å². The van der Waals surface area contributed by atoms with Crippen molar-refractivity contribution in [2.45, 2.75) is 19.4 Å². The summed E-state index contributed by atoms with van der Waals surface area (Å²) in [5.74, 6) is 0.379. The lowest BCUT2D eigenvalue weighted by molar-refractivity contribution is 0.0970. The summed E-state index contributed by atoms with van der Waals surface area (Å²) in [6.45, 7) is 3.87. The van der Waals surface area contributed by atoms with Gasteiger partial charge in [0, 0.05) is 5.57 Å². The molecule has 2 aliphatic rings. The predicted molar refractivity (Wildman–Crippen MR) is 80.2 cm³/mol. The van der Waals surface area contributed by atoms with Crippen LogP contribution in [0.1, 0.15) is 13.8 Å². The Morgan fingerprint density at radius 1 is 1.29 bits per heavy atom. The van der Waals surface area contributed by atoms with E-state index in [9.17, 15) is 5.26 Å². The van der Waals surface area contributed by atoms with E-state index in [2.05, 4.69) is 11.5 Å². The molecule has 5 nitrogen and oxygen atoms in total. The topological polar surface area (TPSA) is 74.3 Å². The van der Waals surface area contributed by atoms with Gasteiger partial charge in [-0.05, 0) is 32.1 Å². The van der Waals surface area contributed by atoms with Crippen molar-refractivity contribution >= 4 is 5.69 Å². The fourth-order valence-electron chi connectivity index (χ4n) is 2.36. The lowest BCUT2D eigenvalue weighted by atomic mass is 9.94. The van der Waals surface area contributed by atoms with E-state index in [0.29, 0.717) is 11.4 Å². The number of hydrazine groups is 1. The summed E-state index contributed by atoms with van der Waals surface area (Å²) >= 11 is 0. The van der Waals surface area contributed by atoms with E-state index in [1.807, 2.05) is 50.3 Å². The van der Waals surface area contributed by atoms with Gasteiger partial charge in [-0.3, -0.25) is 5.43 Å². The summed E-state index contributed by atoms with van der Waals surface area (Å²) in [5, 5.41) is 11.2. The van der Waals surface area contributed by atoms with Crippen LogP contribution in [0.15, 0.2) is 65.3 Å². The molecule has 2 aliphatic heterocycles. The number of ether oxygens (including phenoxy) is 1. The number of nitrogens with one attached hydrogen (secondary N) is 1. The highest BCUT2D eigenvalue weighted by molar-refractivity contribution is 5.65. The summed E-state index contributed by atoms with van der Waals surface area (Å²) in [5.41, 5.74) is 11.7. The van der Waals surface area contributed by atoms with Crippen molar-refractivity contribution in [1.82, 2.24) is 5.43 Å². The zero-order valence-electron chi connectivity index (χ0n) is 11.9. The van der Waals surface area contributed by atoms with Crippen LogP contribution in [0.3, 0.4) is 0 Å². The van der Waals surface area contributed by atoms with Crippen molar-refractivity contribution in [1.29, 1.82) is 5.26 Å². The van der Waals surface area contributed by atoms with Gasteiger partial charge in [0.25, 0.3) is 0 Å². The van der Waals surface area contributed by atoms with Crippen LogP contribution in [-0.4, -0.2) is 5.60 Å². The molecule has 0 bridgehead atoms. The molecular weight excluding hydrogens is 264 g/mol. The molecule has 0 unspecified atom stereocenters. The molecule has 0 atom stereocenters. The summed E-state index contributed by atoms with van der Waals surface area (Å²) in [4.78, 5) is 0. The van der Waals surface area contributed by atoms with E-state index in [1.165, 1.54) is 0 Å². The molecule has 0 radical (unpaired) electrons. The fraction of sp³-hybridized carbons (Fsp3) is 0.188. The second-order valence-electron chi connectivity index (χ2n) is 5.47. The van der Waals surface area contributed by atoms with Gasteiger partial charge in [0.15, 0.2) is 0 Å². The van der Waals surface area contributed by atoms with Crippen LogP contribution >= 0.6 is 0 Å². The Morgan fingerprint density at radius 2 is 2.00 bits per heavy atom. The molecule has 106 valence electrons. The molecule has 1 aromatic rings. The fourth-order valence-corrected chi connectivity index (χ4v) is 2.36. The summed E-state index contributed by atoms with van der Waals surface area (Å²) in [6, 6.07) is 11.8. The van der Waals surface area contributed by atoms with Crippen LogP contribution < -0.4 is 16.2 Å². The summed E-state index contributed by atoms with van der Waals surface area (Å²) < 4.78 is 5.65. The van der Waals surface area contributed by atoms with Gasteiger partial charge in [0.1, 0.15) is 29.3 Å². The number of rotatable bonds is 1. The van der Waals surface area contributed by atoms with Crippen LogP contribution in [0.2, 0.25) is 0 Å². The number of hydrogen-bond acceptors (Lipinski definition) is 5. The predicted octanol–water partition coefficient (Wildman–Crippen LogP) is 2.28. The van der Waals surface area contributed by atoms with Gasteiger partial charge in [0.05, 0.1) is 11.4 Å². The third-order valence-electron chi connectivity index (χ3n) is 3.39. The maximum absolute atomic E-state index is 9.48. The molecule has 0 saturated carbocycles. The molecule has 1 aromatic carbocycles. The largest absolute Gasteiger partial charge is 0.489 e. The van der Waals surface area contributed by atoms with E-state index < -0.39 is 5.60 Å². The van der Waals surface area contributed by atoms with E-state index in [1.54, 1.807) is 11.3 Å². The zero-order chi connectivity index (χ0) is 15.0. The SMILES string of the molecule is CC1(C)C=C2C(=CO1)NN(c1ccccc1)C(N)=C2C#N. The monoisotopic (exact) mass is 280 g/mol. The third-order valence-corrected chi connectivity index (χ3v) is 3.39. The normalized spacial score (nSPS) is 19.6. The molecule has 5 heteroatoms. The Morgan fingerprint density at radius 3 is 2.67 bits per heavy atom. The maximum atomic E-state index is 9.48. The van der Waals surface area contributed by atoms with Gasteiger partial charge < -0.3 is 10.5 Å². The number of anilines is 1. The Bertz CT molecular complexity index is 708. The van der Waals surface area contributed by atoms with Crippen molar-refractivity contribution in [3.05, 3.63) is 65.3 Å². The number of para-hydroxylation sites is 1. The Kier molecular flexibility index (Phi) is 2.88. The van der Waals surface area contributed by atoms with E-state index >= 15 is 0 Å². The second kappa shape index (κ2) is 4.60. The van der Waals surface area contributed by atoms with Crippen molar-refractivity contribution in [2.24, 2.45) is 5.73 Å². The van der Waals surface area contributed by atoms with Gasteiger partial charge in [-0.25, -0.2) is 5.01 Å². The molecule has 2 heterocycles. The average molecular weight is 280 g/mol. The first kappa shape index (κ1) is 13.1. The first-order valence-electron chi connectivity index (χ1n) is 6.65. The molecule has 21 heavy (non-hydrogen) atoms. The maximum Gasteiger partial charge on any atom is 0.142 e. The van der Waals surface area contributed by atoms with Gasteiger partial charge in [0.2, 0.25) is 0 Å². The Hall–Kier alpha value is -2.87. The number of allylic oxidation sites excluding steroid dienone is 1. The van der Waals surface area contributed by atoms with Crippen molar-refractivity contribution in [3.8, 4) is 6.07 Å². The molecular formula is C16H16N4O. The highest BCUT2D eigenvalue weighted by Gasteiger charge is 2.32. The number of benzene rings is 1. The molecule has 0 aromatic heterocycles. The minimum atomic E-state index is -0.461. The van der Waals surface area contributed by atoms with Crippen LogP contribution in [0.4, 0.5) is 5.69 Å². The molecule has 0 spiro atoms. The average Bonchev–Trinajstić information content (AvgIpc) is 2.47. The molecule has 0 amide bonds. The van der Waals surface area contributed by atoms with Gasteiger partial charge in [-0.2, -0.15) is 5.26 Å². The summed E-state index contributed by atoms with van der Waals surface area (Å²) in [7, 11) is 0. The Balaban J connectivity index is 2.12. The van der Waals surface area contributed by atoms with Gasteiger partial charge in [-0.1, -0.05) is 18.2 Å². The lowest BCUT2D eigenvalue weighted by Crippen LogP contribution is -2.46. The molecule has 0 aliphatic carbocycles. The minimum absolute atomic E-state index is 0.379. The number of fused-ring (bicyclic) bond motifs is 1. The third kappa shape index (κ3) is 2.21. The number of nitrogens with zero attached hydrogens (tertiary/aromatic N) is 2. The molecule has 3 N–H and O–H groups in total. The van der Waals surface area contributed by atoms with Crippen LogP contribution in [0.5, 0.6) is 0 Å². The molecule has 3 rings (SSSR count). The lowest BCUT2D eigenvalue weighted by Gasteiger charge is -2.37. The standard InChI is InChI=1S/C16H16N4O/c1-16(2)8-12-13(9-17)15(18)20(19-14(12)10-21-16)11-6-4-3-5-7-11/h3-8,10,19H,18H2,1-2H3. The van der Waals surface area contributed by atoms with Crippen LogP contribution in [0.25, 0.3) is 0 Å². The second-order valence-corrected chi connectivity index (χ2v) is 5.47. The highest BCUT2D eigenvalue weighted by atomic mass is 16.5. The van der Waals surface area contributed by atoms with Gasteiger partial charge >= 0.3 is 0 Å². The van der Waals surface area contributed by atoms with Crippen LogP contribution in [0, 0.1) is 11.3 Å². The van der Waals surface area contributed by atoms with E-state index in [0.717, 1.165) is 17.0 Å². The first-order valence-corrected chi connectivity index (χ1v) is 6.65. The highest BCUT2D eigenvalue weighted by Crippen LogP contribution is 2.34. The van der Waals surface area contributed by atoms with Crippen molar-refractivity contribution in [2.75, 3.05) is 5.01 Å². The van der Waals surface area contributed by atoms with Crippen molar-refractivity contribution in [3.63, 3.8) is 0 Å². The quantitative estimate of drug-likeness (QED) is 0.825. The summed E-state index contributed by atoms with van der Waals surface area (Å²) in [6.07, 6.45) is 3.54.